The second-order valence-electron chi connectivity index (χ2n) is 25.3. The fourth-order valence-corrected chi connectivity index (χ4v) is 11.6. The topological polar surface area (TPSA) is 95.9 Å². The van der Waals surface area contributed by atoms with Crippen LogP contribution in [0.3, 0.4) is 0 Å². The lowest BCUT2D eigenvalue weighted by molar-refractivity contribution is -0.143. The van der Waals surface area contributed by atoms with E-state index in [1.165, 1.54) is 340 Å². The largest absolute Gasteiger partial charge is 0.466 e. The number of rotatable bonds is 69. The zero-order valence-electron chi connectivity index (χ0n) is 54.3. The number of hydrogen-bond acceptors (Lipinski definition) is 5. The first kappa shape index (κ1) is 78.3. The van der Waals surface area contributed by atoms with E-state index >= 15 is 0 Å². The minimum atomic E-state index is -0.843. The smallest absolute Gasteiger partial charge is 0.305 e. The molecule has 6 nitrogen and oxygen atoms in total. The molecule has 1 amide bonds. The molecule has 0 aromatic heterocycles. The lowest BCUT2D eigenvalue weighted by Gasteiger charge is -2.20. The number of amides is 1. The number of unbranched alkanes of at least 4 members (excludes halogenated alkanes) is 56. The van der Waals surface area contributed by atoms with Crippen molar-refractivity contribution in [3.05, 3.63) is 24.3 Å². The summed E-state index contributed by atoms with van der Waals surface area (Å²) in [5, 5.41) is 23.3. The number of esters is 1. The molecule has 0 aliphatic carbocycles. The molecule has 0 heterocycles. The predicted molar refractivity (Wildman–Crippen MR) is 352 cm³/mol. The van der Waals surface area contributed by atoms with Gasteiger partial charge >= 0.3 is 5.97 Å². The summed E-state index contributed by atoms with van der Waals surface area (Å²) in [5.74, 6) is -0.0511. The van der Waals surface area contributed by atoms with Crippen LogP contribution in [0.1, 0.15) is 412 Å². The van der Waals surface area contributed by atoms with Crippen molar-refractivity contribution in [1.82, 2.24) is 5.32 Å². The van der Waals surface area contributed by atoms with E-state index in [2.05, 4.69) is 31.3 Å². The van der Waals surface area contributed by atoms with Gasteiger partial charge in [-0.2, -0.15) is 0 Å². The molecule has 3 N–H and O–H groups in total. The lowest BCUT2D eigenvalue weighted by atomic mass is 10.0. The minimum absolute atomic E-state index is 0.00904. The summed E-state index contributed by atoms with van der Waals surface area (Å²) in [6, 6.07) is -0.626. The summed E-state index contributed by atoms with van der Waals surface area (Å²) in [6.07, 6.45) is 88.4. The van der Waals surface area contributed by atoms with Crippen molar-refractivity contribution in [2.45, 2.75) is 424 Å². The van der Waals surface area contributed by atoms with Crippen molar-refractivity contribution in [3.63, 3.8) is 0 Å². The van der Waals surface area contributed by atoms with Crippen LogP contribution in [-0.4, -0.2) is 47.4 Å². The van der Waals surface area contributed by atoms with Crippen LogP contribution in [0.25, 0.3) is 0 Å². The standard InChI is InChI=1S/C74H143NO5/c1-3-5-7-9-11-13-15-17-18-19-20-21-28-31-34-37-40-43-46-50-54-58-62-66-72(77)71(70-76)75-73(78)67-63-59-55-51-47-44-41-38-35-32-29-26-24-22-23-25-27-30-33-36-39-42-45-49-53-57-61-65-69-80-74(79)68-64-60-56-52-48-16-14-12-10-8-6-4-2/h12,14,62,66,71-72,76-77H,3-11,13,15-61,63-65,67-70H2,1-2H3,(H,75,78)/b14-12-,66-62+. The molecule has 0 spiro atoms. The lowest BCUT2D eigenvalue weighted by Crippen LogP contribution is -2.45. The van der Waals surface area contributed by atoms with Crippen molar-refractivity contribution in [3.8, 4) is 0 Å². The van der Waals surface area contributed by atoms with Crippen molar-refractivity contribution in [2.24, 2.45) is 0 Å². The van der Waals surface area contributed by atoms with Gasteiger partial charge in [-0.05, 0) is 57.8 Å². The maximum absolute atomic E-state index is 12.5. The Labute approximate surface area is 501 Å². The summed E-state index contributed by atoms with van der Waals surface area (Å²) in [7, 11) is 0. The quantitative estimate of drug-likeness (QED) is 0.0320. The molecule has 2 atom stereocenters. The Morgan fingerprint density at radius 1 is 0.338 bits per heavy atom. The third-order valence-electron chi connectivity index (χ3n) is 17.2. The first-order chi connectivity index (χ1) is 39.5. The molecule has 0 aliphatic rings. The SMILES string of the molecule is CCCCC/C=C\CCCCCCCC(=O)OCCCCCCCCCCCCCCCCCCCCCCCCCCCCCCC(=O)NC(CO)C(O)/C=C/CCCCCCCCCCCCCCCCCCCCCCC. The van der Waals surface area contributed by atoms with Crippen molar-refractivity contribution < 1.29 is 24.5 Å². The minimum Gasteiger partial charge on any atom is -0.466 e. The van der Waals surface area contributed by atoms with Crippen LogP contribution in [0.2, 0.25) is 0 Å². The van der Waals surface area contributed by atoms with Crippen LogP contribution in [0.15, 0.2) is 24.3 Å². The number of aliphatic hydroxyl groups is 2. The number of nitrogens with one attached hydrogen (secondary N) is 1. The van der Waals surface area contributed by atoms with E-state index in [4.69, 9.17) is 4.74 Å². The molecule has 6 heteroatoms. The molecule has 0 aromatic carbocycles. The average Bonchev–Trinajstić information content (AvgIpc) is 3.46. The average molecular weight is 1130 g/mol. The fourth-order valence-electron chi connectivity index (χ4n) is 11.6. The van der Waals surface area contributed by atoms with Crippen LogP contribution in [0, 0.1) is 0 Å². The zero-order chi connectivity index (χ0) is 57.8. The number of aliphatic hydroxyl groups excluding tert-OH is 2. The molecule has 0 rings (SSSR count). The first-order valence-corrected chi connectivity index (χ1v) is 36.6. The van der Waals surface area contributed by atoms with Gasteiger partial charge in [-0.15, -0.1) is 0 Å². The third kappa shape index (κ3) is 65.5. The van der Waals surface area contributed by atoms with Gasteiger partial charge in [0.05, 0.1) is 25.4 Å². The van der Waals surface area contributed by atoms with Gasteiger partial charge in [0.25, 0.3) is 0 Å². The van der Waals surface area contributed by atoms with Crippen molar-refractivity contribution in [1.29, 1.82) is 0 Å². The summed E-state index contributed by atoms with van der Waals surface area (Å²) in [6.45, 7) is 4.92. The number of carbonyl (C=O) groups excluding carboxylic acids is 2. The first-order valence-electron chi connectivity index (χ1n) is 36.6. The van der Waals surface area contributed by atoms with Gasteiger partial charge in [-0.1, -0.05) is 366 Å². The second kappa shape index (κ2) is 69.8. The maximum atomic E-state index is 12.5. The van der Waals surface area contributed by atoms with Gasteiger partial charge in [-0.3, -0.25) is 9.59 Å². The van der Waals surface area contributed by atoms with Gasteiger partial charge < -0.3 is 20.3 Å². The molecule has 0 aliphatic heterocycles. The molecule has 2 unspecified atom stereocenters. The van der Waals surface area contributed by atoms with Crippen LogP contribution < -0.4 is 5.32 Å². The normalized spacial score (nSPS) is 12.6. The van der Waals surface area contributed by atoms with E-state index in [1.54, 1.807) is 6.08 Å². The monoisotopic (exact) mass is 1130 g/mol. The Bertz CT molecular complexity index is 1250. The molecule has 0 saturated carbocycles. The summed E-state index contributed by atoms with van der Waals surface area (Å²) in [4.78, 5) is 24.6. The molecule has 0 aromatic rings. The van der Waals surface area contributed by atoms with E-state index in [0.29, 0.717) is 19.4 Å². The molecule has 0 radical (unpaired) electrons. The second-order valence-corrected chi connectivity index (χ2v) is 25.3. The van der Waals surface area contributed by atoms with E-state index in [0.717, 1.165) is 44.9 Å². The predicted octanol–water partition coefficient (Wildman–Crippen LogP) is 23.7. The summed E-state index contributed by atoms with van der Waals surface area (Å²) < 4.78 is 5.48. The van der Waals surface area contributed by atoms with E-state index in [1.807, 2.05) is 6.08 Å². The number of ether oxygens (including phenoxy) is 1. The fraction of sp³-hybridized carbons (Fsp3) is 0.919. The Kier molecular flexibility index (Phi) is 68.4. The third-order valence-corrected chi connectivity index (χ3v) is 17.2. The van der Waals surface area contributed by atoms with Gasteiger partial charge in [0.2, 0.25) is 5.91 Å². The van der Waals surface area contributed by atoms with Crippen molar-refractivity contribution in [2.75, 3.05) is 13.2 Å². The van der Waals surface area contributed by atoms with Crippen molar-refractivity contribution >= 4 is 11.9 Å². The van der Waals surface area contributed by atoms with Gasteiger partial charge in [0.15, 0.2) is 0 Å². The molecule has 80 heavy (non-hydrogen) atoms. The highest BCUT2D eigenvalue weighted by Gasteiger charge is 2.18. The van der Waals surface area contributed by atoms with E-state index in [-0.39, 0.29) is 18.5 Å². The Hall–Kier alpha value is -1.66. The molecule has 0 bridgehead atoms. The Morgan fingerprint density at radius 3 is 0.912 bits per heavy atom. The molecular weight excluding hydrogens is 983 g/mol. The van der Waals surface area contributed by atoms with Crippen LogP contribution in [-0.2, 0) is 14.3 Å². The van der Waals surface area contributed by atoms with Gasteiger partial charge in [-0.25, -0.2) is 0 Å². The zero-order valence-corrected chi connectivity index (χ0v) is 54.3. The molecule has 474 valence electrons. The van der Waals surface area contributed by atoms with Crippen LogP contribution in [0.4, 0.5) is 0 Å². The summed E-state index contributed by atoms with van der Waals surface area (Å²) >= 11 is 0. The number of allylic oxidation sites excluding steroid dienone is 3. The van der Waals surface area contributed by atoms with Gasteiger partial charge in [0.1, 0.15) is 0 Å². The number of hydrogen-bond donors (Lipinski definition) is 3. The van der Waals surface area contributed by atoms with E-state index in [9.17, 15) is 19.8 Å². The number of carbonyl (C=O) groups is 2. The van der Waals surface area contributed by atoms with Crippen LogP contribution in [0.5, 0.6) is 0 Å². The Morgan fingerprint density at radius 2 is 0.588 bits per heavy atom. The highest BCUT2D eigenvalue weighted by Crippen LogP contribution is 2.19. The molecular formula is C74H143NO5. The maximum Gasteiger partial charge on any atom is 0.305 e. The van der Waals surface area contributed by atoms with Gasteiger partial charge in [0, 0.05) is 12.8 Å². The van der Waals surface area contributed by atoms with E-state index < -0.39 is 12.1 Å². The highest BCUT2D eigenvalue weighted by molar-refractivity contribution is 5.76. The van der Waals surface area contributed by atoms with Crippen LogP contribution >= 0.6 is 0 Å². The highest BCUT2D eigenvalue weighted by atomic mass is 16.5. The Balaban J connectivity index is 3.38. The summed E-state index contributed by atoms with van der Waals surface area (Å²) in [5.41, 5.74) is 0. The molecule has 0 fully saturated rings. The molecule has 0 saturated heterocycles.